The summed E-state index contributed by atoms with van der Waals surface area (Å²) in [5, 5.41) is 6.18. The maximum absolute atomic E-state index is 13.6. The van der Waals surface area contributed by atoms with Gasteiger partial charge in [0.25, 0.3) is 0 Å². The number of urea groups is 1. The Balaban J connectivity index is 1.56. The van der Waals surface area contributed by atoms with Gasteiger partial charge >= 0.3 is 6.03 Å². The number of aryl methyl sites for hydroxylation is 1. The Labute approximate surface area is 225 Å². The number of carbonyl (C=O) groups excluding carboxylic acids is 3. The minimum absolute atomic E-state index is 0.0360. The Morgan fingerprint density at radius 3 is 2.37 bits per heavy atom. The number of benzene rings is 2. The third kappa shape index (κ3) is 6.35. The number of terminal acetylenes is 1. The van der Waals surface area contributed by atoms with E-state index in [2.05, 4.69) is 30.3 Å². The van der Waals surface area contributed by atoms with Gasteiger partial charge in [-0.1, -0.05) is 86.3 Å². The fourth-order valence-electron chi connectivity index (χ4n) is 5.29. The van der Waals surface area contributed by atoms with E-state index < -0.39 is 12.2 Å². The lowest BCUT2D eigenvalue weighted by Gasteiger charge is -2.55. The Kier molecular flexibility index (Phi) is 9.39. The van der Waals surface area contributed by atoms with Crippen molar-refractivity contribution in [1.82, 2.24) is 25.1 Å². The van der Waals surface area contributed by atoms with Crippen molar-refractivity contribution < 1.29 is 14.4 Å². The van der Waals surface area contributed by atoms with Crippen molar-refractivity contribution in [1.29, 1.82) is 0 Å². The zero-order valence-electron chi connectivity index (χ0n) is 22.1. The summed E-state index contributed by atoms with van der Waals surface area (Å²) in [6.07, 6.45) is 8.96. The summed E-state index contributed by atoms with van der Waals surface area (Å²) in [5.74, 6) is 2.38. The predicted molar refractivity (Wildman–Crippen MR) is 146 cm³/mol. The molecule has 1 N–H and O–H groups in total. The molecule has 0 aromatic heterocycles. The second kappa shape index (κ2) is 13.1. The zero-order valence-corrected chi connectivity index (χ0v) is 22.1. The number of hydrazine groups is 1. The highest BCUT2D eigenvalue weighted by atomic mass is 16.2. The smallest absolute Gasteiger partial charge is 0.334 e. The number of hydrogen-bond donors (Lipinski definition) is 1. The lowest BCUT2D eigenvalue weighted by Crippen LogP contribution is -2.76. The SMILES string of the molecule is C#CCN1CC(=O)N2[C@@H](CCCC)C(=O)N(CCCc3ccccc3)C[C@@H]2N1C(=O)NCc1ccccc1. The van der Waals surface area contributed by atoms with E-state index in [0.29, 0.717) is 19.5 Å². The van der Waals surface area contributed by atoms with Crippen LogP contribution >= 0.6 is 0 Å². The number of nitrogens with zero attached hydrogens (tertiary/aromatic N) is 4. The average molecular weight is 516 g/mol. The van der Waals surface area contributed by atoms with Gasteiger partial charge in [0.1, 0.15) is 12.2 Å². The molecule has 0 spiro atoms. The molecule has 0 aliphatic carbocycles. The Morgan fingerprint density at radius 1 is 1.03 bits per heavy atom. The molecule has 2 aliphatic heterocycles. The molecular weight excluding hydrogens is 478 g/mol. The molecule has 38 heavy (non-hydrogen) atoms. The second-order valence-electron chi connectivity index (χ2n) is 9.83. The molecule has 4 amide bonds. The van der Waals surface area contributed by atoms with Gasteiger partial charge in [0.15, 0.2) is 0 Å². The van der Waals surface area contributed by atoms with E-state index in [1.165, 1.54) is 5.56 Å². The molecular formula is C30H37N5O3. The highest BCUT2D eigenvalue weighted by Gasteiger charge is 2.50. The van der Waals surface area contributed by atoms with Crippen LogP contribution < -0.4 is 5.32 Å². The van der Waals surface area contributed by atoms with Gasteiger partial charge in [-0.15, -0.1) is 6.42 Å². The van der Waals surface area contributed by atoms with E-state index >= 15 is 0 Å². The lowest BCUT2D eigenvalue weighted by atomic mass is 10.0. The van der Waals surface area contributed by atoms with Crippen LogP contribution in [0.15, 0.2) is 60.7 Å². The summed E-state index contributed by atoms with van der Waals surface area (Å²) in [4.78, 5) is 44.1. The molecule has 2 heterocycles. The van der Waals surface area contributed by atoms with Crippen molar-refractivity contribution in [2.75, 3.05) is 26.2 Å². The number of piperazine rings is 1. The number of rotatable bonds is 10. The molecule has 2 aromatic rings. The predicted octanol–water partition coefficient (Wildman–Crippen LogP) is 3.25. The van der Waals surface area contributed by atoms with Gasteiger partial charge in [-0.2, -0.15) is 5.01 Å². The lowest BCUT2D eigenvalue weighted by molar-refractivity contribution is -0.189. The van der Waals surface area contributed by atoms with E-state index in [1.807, 2.05) is 53.4 Å². The van der Waals surface area contributed by atoms with Crippen molar-refractivity contribution >= 4 is 17.8 Å². The fraction of sp³-hybridized carbons (Fsp3) is 0.433. The molecule has 2 fully saturated rings. The zero-order chi connectivity index (χ0) is 26.9. The molecule has 0 bridgehead atoms. The van der Waals surface area contributed by atoms with Crippen molar-refractivity contribution in [3.63, 3.8) is 0 Å². The first-order valence-electron chi connectivity index (χ1n) is 13.5. The van der Waals surface area contributed by atoms with Crippen LogP contribution in [0.3, 0.4) is 0 Å². The first-order valence-corrected chi connectivity index (χ1v) is 13.5. The topological polar surface area (TPSA) is 76.2 Å². The van der Waals surface area contributed by atoms with Gasteiger partial charge in [-0.3, -0.25) is 9.59 Å². The molecule has 0 saturated carbocycles. The fourth-order valence-corrected chi connectivity index (χ4v) is 5.29. The van der Waals surface area contributed by atoms with E-state index in [9.17, 15) is 14.4 Å². The minimum Gasteiger partial charge on any atom is -0.337 e. The molecule has 8 nitrogen and oxygen atoms in total. The van der Waals surface area contributed by atoms with Gasteiger partial charge in [-0.05, 0) is 30.4 Å². The number of nitrogens with one attached hydrogen (secondary N) is 1. The molecule has 2 saturated heterocycles. The van der Waals surface area contributed by atoms with Crippen LogP contribution in [0.25, 0.3) is 0 Å². The van der Waals surface area contributed by atoms with Crippen LogP contribution in [0.2, 0.25) is 0 Å². The number of fused-ring (bicyclic) bond motifs is 1. The van der Waals surface area contributed by atoms with E-state index in [-0.39, 0.29) is 37.5 Å². The molecule has 0 unspecified atom stereocenters. The monoisotopic (exact) mass is 515 g/mol. The van der Waals surface area contributed by atoms with Gasteiger partial charge in [0.05, 0.1) is 19.6 Å². The van der Waals surface area contributed by atoms with Gasteiger partial charge in [0, 0.05) is 13.1 Å². The van der Waals surface area contributed by atoms with E-state index in [1.54, 1.807) is 14.9 Å². The number of unbranched alkanes of at least 4 members (excludes halogenated alkanes) is 1. The summed E-state index contributed by atoms with van der Waals surface area (Å²) in [5.41, 5.74) is 2.19. The highest BCUT2D eigenvalue weighted by Crippen LogP contribution is 2.29. The second-order valence-corrected chi connectivity index (χ2v) is 9.83. The quantitative estimate of drug-likeness (QED) is 0.493. The summed E-state index contributed by atoms with van der Waals surface area (Å²) in [6.45, 7) is 3.31. The first kappa shape index (κ1) is 27.2. The van der Waals surface area contributed by atoms with Crippen LogP contribution in [0.1, 0.15) is 43.7 Å². The summed E-state index contributed by atoms with van der Waals surface area (Å²) in [7, 11) is 0. The highest BCUT2D eigenvalue weighted by molar-refractivity contribution is 5.91. The maximum Gasteiger partial charge on any atom is 0.334 e. The Hall–Kier alpha value is -3.83. The van der Waals surface area contributed by atoms with Crippen molar-refractivity contribution in [3.05, 3.63) is 71.8 Å². The van der Waals surface area contributed by atoms with Crippen LogP contribution in [0.4, 0.5) is 4.79 Å². The summed E-state index contributed by atoms with van der Waals surface area (Å²) in [6, 6.07) is 18.9. The van der Waals surface area contributed by atoms with E-state index in [4.69, 9.17) is 6.42 Å². The van der Waals surface area contributed by atoms with Crippen molar-refractivity contribution in [2.24, 2.45) is 0 Å². The van der Waals surface area contributed by atoms with E-state index in [0.717, 1.165) is 31.2 Å². The normalized spacial score (nSPS) is 19.7. The number of carbonyl (C=O) groups is 3. The van der Waals surface area contributed by atoms with Crippen LogP contribution in [-0.4, -0.2) is 76.0 Å². The van der Waals surface area contributed by atoms with Crippen molar-refractivity contribution in [2.45, 2.75) is 57.8 Å². The molecule has 4 rings (SSSR count). The molecule has 200 valence electrons. The number of amides is 4. The Bertz CT molecular complexity index is 1130. The third-order valence-electron chi connectivity index (χ3n) is 7.17. The van der Waals surface area contributed by atoms with Gasteiger partial charge < -0.3 is 15.1 Å². The molecule has 8 heteroatoms. The third-order valence-corrected chi connectivity index (χ3v) is 7.17. The standard InChI is InChI=1S/C30H37N5O3/c1-3-5-18-26-29(37)32(20-12-17-24-13-8-6-9-14-24)22-27-34(26)28(36)23-33(19-4-2)35(27)30(38)31-21-25-15-10-7-11-16-25/h2,6-11,13-16,26-27H,3,5,12,17-23H2,1H3,(H,31,38)/t26-,27-/m0/s1. The van der Waals surface area contributed by atoms with Gasteiger partial charge in [0.2, 0.25) is 11.8 Å². The first-order chi connectivity index (χ1) is 18.5. The van der Waals surface area contributed by atoms with Crippen LogP contribution in [0.5, 0.6) is 0 Å². The summed E-state index contributed by atoms with van der Waals surface area (Å²) < 4.78 is 0. The maximum atomic E-state index is 13.6. The van der Waals surface area contributed by atoms with Gasteiger partial charge in [-0.25, -0.2) is 9.80 Å². The summed E-state index contributed by atoms with van der Waals surface area (Å²) >= 11 is 0. The van der Waals surface area contributed by atoms with Crippen LogP contribution in [0, 0.1) is 12.3 Å². The molecule has 0 radical (unpaired) electrons. The minimum atomic E-state index is -0.614. The molecule has 2 atom stereocenters. The molecule has 2 aliphatic rings. The van der Waals surface area contributed by atoms with Crippen LogP contribution in [-0.2, 0) is 22.6 Å². The largest absolute Gasteiger partial charge is 0.337 e. The Morgan fingerprint density at radius 2 is 1.71 bits per heavy atom. The average Bonchev–Trinajstić information content (AvgIpc) is 2.93. The van der Waals surface area contributed by atoms with Crippen molar-refractivity contribution in [3.8, 4) is 12.3 Å². The number of hydrogen-bond acceptors (Lipinski definition) is 4. The molecule has 2 aromatic carbocycles.